The first-order valence-electron chi connectivity index (χ1n) is 6.37. The topological polar surface area (TPSA) is 29.3 Å². The predicted molar refractivity (Wildman–Crippen MR) is 68.3 cm³/mol. The first-order chi connectivity index (χ1) is 8.16. The van der Waals surface area contributed by atoms with Crippen LogP contribution in [-0.2, 0) is 6.42 Å². The Kier molecular flexibility index (Phi) is 4.13. The Morgan fingerprint density at radius 2 is 2.00 bits per heavy atom. The number of hydrogen-bond donors (Lipinski definition) is 1. The number of nitrogens with two attached hydrogens (primary N) is 1. The van der Waals surface area contributed by atoms with E-state index in [4.69, 9.17) is 5.73 Å². The molecule has 3 heteroatoms. The summed E-state index contributed by atoms with van der Waals surface area (Å²) in [6, 6.07) is 7.62. The molecule has 0 saturated heterocycles. The summed E-state index contributed by atoms with van der Waals surface area (Å²) in [5.74, 6) is -0.167. The summed E-state index contributed by atoms with van der Waals surface area (Å²) >= 11 is 0. The van der Waals surface area contributed by atoms with Crippen LogP contribution < -0.4 is 5.73 Å². The van der Waals surface area contributed by atoms with E-state index in [1.807, 2.05) is 12.1 Å². The number of likely N-dealkylation sites (N-methyl/N-ethyl adjacent to an activating group) is 1. The Bertz CT molecular complexity index is 350. The number of nitrogens with zero attached hydrogens (tertiary/aromatic N) is 1. The second kappa shape index (κ2) is 5.61. The molecule has 2 atom stereocenters. The van der Waals surface area contributed by atoms with Crippen LogP contribution in [-0.4, -0.2) is 30.6 Å². The molecule has 1 aromatic rings. The maximum Gasteiger partial charge on any atom is 0.123 e. The van der Waals surface area contributed by atoms with Gasteiger partial charge in [0.15, 0.2) is 0 Å². The van der Waals surface area contributed by atoms with Gasteiger partial charge in [-0.3, -0.25) is 0 Å². The average molecular weight is 236 g/mol. The zero-order chi connectivity index (χ0) is 12.3. The van der Waals surface area contributed by atoms with Gasteiger partial charge in [-0.15, -0.1) is 0 Å². The smallest absolute Gasteiger partial charge is 0.123 e. The lowest BCUT2D eigenvalue weighted by Crippen LogP contribution is -2.42. The zero-order valence-electron chi connectivity index (χ0n) is 10.4. The molecule has 0 aliphatic heterocycles. The van der Waals surface area contributed by atoms with Gasteiger partial charge >= 0.3 is 0 Å². The first kappa shape index (κ1) is 12.5. The van der Waals surface area contributed by atoms with Crippen molar-refractivity contribution in [1.29, 1.82) is 0 Å². The molecule has 2 nitrogen and oxygen atoms in total. The summed E-state index contributed by atoms with van der Waals surface area (Å²) < 4.78 is 12.8. The van der Waals surface area contributed by atoms with Gasteiger partial charge in [-0.1, -0.05) is 18.6 Å². The van der Waals surface area contributed by atoms with Crippen molar-refractivity contribution in [2.75, 3.05) is 13.6 Å². The molecule has 94 valence electrons. The van der Waals surface area contributed by atoms with E-state index in [0.717, 1.165) is 19.4 Å². The van der Waals surface area contributed by atoms with Crippen molar-refractivity contribution in [2.24, 2.45) is 5.73 Å². The highest BCUT2D eigenvalue weighted by Crippen LogP contribution is 2.21. The molecular weight excluding hydrogens is 215 g/mol. The zero-order valence-corrected chi connectivity index (χ0v) is 10.4. The van der Waals surface area contributed by atoms with Gasteiger partial charge in [0.25, 0.3) is 0 Å². The molecule has 0 amide bonds. The summed E-state index contributed by atoms with van der Waals surface area (Å²) in [7, 11) is 2.14. The molecule has 0 spiro atoms. The maximum absolute atomic E-state index is 12.8. The van der Waals surface area contributed by atoms with Crippen LogP contribution in [0.1, 0.15) is 24.8 Å². The largest absolute Gasteiger partial charge is 0.326 e. The molecule has 0 heterocycles. The van der Waals surface area contributed by atoms with Crippen molar-refractivity contribution in [3.8, 4) is 0 Å². The Hall–Kier alpha value is -0.930. The van der Waals surface area contributed by atoms with E-state index >= 15 is 0 Å². The fraction of sp³-hybridized carbons (Fsp3) is 0.571. The SMILES string of the molecule is CN(CCc1ccc(F)cc1)C1CCCC1N. The third-order valence-corrected chi connectivity index (χ3v) is 3.76. The van der Waals surface area contributed by atoms with E-state index in [0.29, 0.717) is 12.1 Å². The van der Waals surface area contributed by atoms with Gasteiger partial charge in [0.05, 0.1) is 0 Å². The third-order valence-electron chi connectivity index (χ3n) is 3.76. The van der Waals surface area contributed by atoms with Crippen LogP contribution in [0.4, 0.5) is 4.39 Å². The van der Waals surface area contributed by atoms with E-state index in [1.165, 1.54) is 30.5 Å². The second-order valence-electron chi connectivity index (χ2n) is 5.02. The van der Waals surface area contributed by atoms with Crippen molar-refractivity contribution >= 4 is 0 Å². The summed E-state index contributed by atoms with van der Waals surface area (Å²) in [4.78, 5) is 2.35. The molecule has 1 fully saturated rings. The Morgan fingerprint density at radius 3 is 2.59 bits per heavy atom. The lowest BCUT2D eigenvalue weighted by atomic mass is 10.1. The molecule has 1 aromatic carbocycles. The first-order valence-corrected chi connectivity index (χ1v) is 6.37. The van der Waals surface area contributed by atoms with Crippen LogP contribution >= 0.6 is 0 Å². The van der Waals surface area contributed by atoms with E-state index in [2.05, 4.69) is 11.9 Å². The quantitative estimate of drug-likeness (QED) is 0.868. The lowest BCUT2D eigenvalue weighted by molar-refractivity contribution is 0.231. The minimum absolute atomic E-state index is 0.167. The molecule has 1 aliphatic rings. The molecule has 2 N–H and O–H groups in total. The van der Waals surface area contributed by atoms with Crippen molar-refractivity contribution < 1.29 is 4.39 Å². The molecule has 0 aromatic heterocycles. The van der Waals surface area contributed by atoms with Crippen LogP contribution in [0.25, 0.3) is 0 Å². The number of hydrogen-bond acceptors (Lipinski definition) is 2. The third kappa shape index (κ3) is 3.27. The molecular formula is C14H21FN2. The Labute approximate surface area is 103 Å². The standard InChI is InChI=1S/C14H21FN2/c1-17(14-4-2-3-13(14)16)10-9-11-5-7-12(15)8-6-11/h5-8,13-14H,2-4,9-10,16H2,1H3. The van der Waals surface area contributed by atoms with Gasteiger partial charge < -0.3 is 10.6 Å². The number of benzene rings is 1. The summed E-state index contributed by atoms with van der Waals surface area (Å²) in [5, 5.41) is 0. The van der Waals surface area contributed by atoms with Crippen LogP contribution in [0.5, 0.6) is 0 Å². The minimum Gasteiger partial charge on any atom is -0.326 e. The summed E-state index contributed by atoms with van der Waals surface area (Å²) in [5.41, 5.74) is 7.26. The summed E-state index contributed by atoms with van der Waals surface area (Å²) in [6.07, 6.45) is 4.55. The van der Waals surface area contributed by atoms with E-state index < -0.39 is 0 Å². The Balaban J connectivity index is 1.83. The van der Waals surface area contributed by atoms with Gasteiger partial charge in [0.1, 0.15) is 5.82 Å². The predicted octanol–water partition coefficient (Wildman–Crippen LogP) is 2.18. The van der Waals surface area contributed by atoms with Gasteiger partial charge in [0.2, 0.25) is 0 Å². The van der Waals surface area contributed by atoms with Crippen molar-refractivity contribution in [3.63, 3.8) is 0 Å². The number of halogens is 1. The second-order valence-corrected chi connectivity index (χ2v) is 5.02. The van der Waals surface area contributed by atoms with Gasteiger partial charge in [-0.25, -0.2) is 4.39 Å². The lowest BCUT2D eigenvalue weighted by Gasteiger charge is -2.27. The van der Waals surface area contributed by atoms with Crippen molar-refractivity contribution in [3.05, 3.63) is 35.6 Å². The minimum atomic E-state index is -0.167. The molecule has 1 aliphatic carbocycles. The van der Waals surface area contributed by atoms with E-state index in [1.54, 1.807) is 0 Å². The van der Waals surface area contributed by atoms with Crippen molar-refractivity contribution in [1.82, 2.24) is 4.90 Å². The molecule has 1 saturated carbocycles. The number of rotatable bonds is 4. The average Bonchev–Trinajstić information content (AvgIpc) is 2.74. The van der Waals surface area contributed by atoms with E-state index in [9.17, 15) is 4.39 Å². The van der Waals surface area contributed by atoms with Crippen LogP contribution in [0.15, 0.2) is 24.3 Å². The van der Waals surface area contributed by atoms with Crippen LogP contribution in [0, 0.1) is 5.82 Å². The fourth-order valence-corrected chi connectivity index (χ4v) is 2.64. The molecule has 0 bridgehead atoms. The normalized spacial score (nSPS) is 24.5. The highest BCUT2D eigenvalue weighted by Gasteiger charge is 2.26. The molecule has 2 rings (SSSR count). The molecule has 17 heavy (non-hydrogen) atoms. The van der Waals surface area contributed by atoms with Gasteiger partial charge in [-0.05, 0) is 44.0 Å². The molecule has 0 radical (unpaired) electrons. The van der Waals surface area contributed by atoms with Crippen LogP contribution in [0.3, 0.4) is 0 Å². The van der Waals surface area contributed by atoms with Gasteiger partial charge in [0, 0.05) is 18.6 Å². The molecule has 2 unspecified atom stereocenters. The maximum atomic E-state index is 12.8. The van der Waals surface area contributed by atoms with Crippen molar-refractivity contribution in [2.45, 2.75) is 37.8 Å². The monoisotopic (exact) mass is 236 g/mol. The van der Waals surface area contributed by atoms with E-state index in [-0.39, 0.29) is 5.82 Å². The fourth-order valence-electron chi connectivity index (χ4n) is 2.64. The summed E-state index contributed by atoms with van der Waals surface area (Å²) in [6.45, 7) is 0.990. The highest BCUT2D eigenvalue weighted by molar-refractivity contribution is 5.16. The highest BCUT2D eigenvalue weighted by atomic mass is 19.1. The van der Waals surface area contributed by atoms with Gasteiger partial charge in [-0.2, -0.15) is 0 Å². The van der Waals surface area contributed by atoms with Crippen LogP contribution in [0.2, 0.25) is 0 Å². The Morgan fingerprint density at radius 1 is 1.29 bits per heavy atom.